The minimum atomic E-state index is -1.41. The van der Waals surface area contributed by atoms with Crippen LogP contribution in [0.3, 0.4) is 0 Å². The number of nitrogens with one attached hydrogen (secondary N) is 3. The molecule has 0 bridgehead atoms. The largest absolute Gasteiger partial charge is 0.480 e. The molecule has 184 valence electrons. The van der Waals surface area contributed by atoms with E-state index in [-0.39, 0.29) is 25.2 Å². The van der Waals surface area contributed by atoms with Crippen LogP contribution in [0, 0.1) is 5.92 Å². The standard InChI is InChI=1S/C19H35N5O7S/c1-4-10(2)15(24-16(27)11(20)5-6-14(21)26)18(29)23-13(9-25)17(28)22-12(19(30)31)7-8-32-3/h10-13,15,25H,4-9,20H2,1-3H3,(H2,21,26)(H,22,28)(H,23,29)(H,24,27)(H,30,31). The highest BCUT2D eigenvalue weighted by Crippen LogP contribution is 2.10. The third-order valence-electron chi connectivity index (χ3n) is 4.87. The first-order valence-corrected chi connectivity index (χ1v) is 11.6. The van der Waals surface area contributed by atoms with Crippen LogP contribution in [0.4, 0.5) is 0 Å². The number of aliphatic hydroxyl groups excluding tert-OH is 1. The number of aliphatic hydroxyl groups is 1. The van der Waals surface area contributed by atoms with Gasteiger partial charge in [-0.1, -0.05) is 20.3 Å². The first-order valence-electron chi connectivity index (χ1n) is 10.3. The topological polar surface area (TPSA) is 214 Å². The van der Waals surface area contributed by atoms with Crippen LogP contribution >= 0.6 is 11.8 Å². The molecular weight excluding hydrogens is 442 g/mol. The quantitative estimate of drug-likeness (QED) is 0.129. The number of rotatable bonds is 16. The second-order valence-corrected chi connectivity index (χ2v) is 8.39. The van der Waals surface area contributed by atoms with Crippen molar-refractivity contribution in [1.82, 2.24) is 16.0 Å². The van der Waals surface area contributed by atoms with Gasteiger partial charge in [0.05, 0.1) is 12.6 Å². The Morgan fingerprint density at radius 2 is 1.56 bits per heavy atom. The van der Waals surface area contributed by atoms with E-state index in [1.54, 1.807) is 20.1 Å². The number of carbonyl (C=O) groups excluding carboxylic acids is 4. The SMILES string of the molecule is CCC(C)C(NC(=O)C(N)CCC(N)=O)C(=O)NC(CO)C(=O)NC(CCSC)C(=O)O. The van der Waals surface area contributed by atoms with E-state index in [1.807, 2.05) is 0 Å². The lowest BCUT2D eigenvalue weighted by Crippen LogP contribution is -2.59. The molecule has 0 spiro atoms. The number of primary amides is 1. The summed E-state index contributed by atoms with van der Waals surface area (Å²) in [4.78, 5) is 59.7. The van der Waals surface area contributed by atoms with Crippen LogP contribution in [0.25, 0.3) is 0 Å². The zero-order valence-electron chi connectivity index (χ0n) is 18.6. The monoisotopic (exact) mass is 477 g/mol. The Morgan fingerprint density at radius 1 is 0.969 bits per heavy atom. The van der Waals surface area contributed by atoms with Gasteiger partial charge in [0.15, 0.2) is 0 Å². The van der Waals surface area contributed by atoms with Crippen molar-refractivity contribution in [3.63, 3.8) is 0 Å². The summed E-state index contributed by atoms with van der Waals surface area (Å²) in [6.45, 7) is 2.73. The van der Waals surface area contributed by atoms with Crippen LogP contribution < -0.4 is 27.4 Å². The van der Waals surface area contributed by atoms with Crippen molar-refractivity contribution < 1.29 is 34.2 Å². The highest BCUT2D eigenvalue weighted by Gasteiger charge is 2.32. The van der Waals surface area contributed by atoms with E-state index >= 15 is 0 Å². The predicted octanol–water partition coefficient (Wildman–Crippen LogP) is -2.09. The van der Waals surface area contributed by atoms with Gasteiger partial charge in [0.1, 0.15) is 18.1 Å². The van der Waals surface area contributed by atoms with Gasteiger partial charge in [-0.2, -0.15) is 11.8 Å². The molecule has 0 aliphatic rings. The lowest BCUT2D eigenvalue weighted by molar-refractivity contribution is -0.142. The zero-order chi connectivity index (χ0) is 24.8. The van der Waals surface area contributed by atoms with Crippen molar-refractivity contribution in [3.05, 3.63) is 0 Å². The number of hydrogen-bond acceptors (Lipinski definition) is 8. The average molecular weight is 478 g/mol. The van der Waals surface area contributed by atoms with Gasteiger partial charge in [-0.25, -0.2) is 4.79 Å². The molecule has 13 heteroatoms. The minimum absolute atomic E-state index is 0.00427. The Labute approximate surface area is 191 Å². The molecule has 5 unspecified atom stereocenters. The second kappa shape index (κ2) is 15.4. The van der Waals surface area contributed by atoms with Gasteiger partial charge in [-0.05, 0) is 30.8 Å². The Kier molecular flexibility index (Phi) is 14.3. The maximum absolute atomic E-state index is 12.8. The zero-order valence-corrected chi connectivity index (χ0v) is 19.4. The number of carboxylic acid groups (broad SMARTS) is 1. The van der Waals surface area contributed by atoms with Crippen molar-refractivity contribution in [3.8, 4) is 0 Å². The predicted molar refractivity (Wildman–Crippen MR) is 119 cm³/mol. The van der Waals surface area contributed by atoms with E-state index in [0.717, 1.165) is 0 Å². The third kappa shape index (κ3) is 10.8. The van der Waals surface area contributed by atoms with E-state index in [1.165, 1.54) is 11.8 Å². The van der Waals surface area contributed by atoms with Crippen molar-refractivity contribution in [2.75, 3.05) is 18.6 Å². The first kappa shape index (κ1) is 29.6. The lowest BCUT2D eigenvalue weighted by Gasteiger charge is -2.27. The Morgan fingerprint density at radius 3 is 2.03 bits per heavy atom. The van der Waals surface area contributed by atoms with Crippen LogP contribution in [-0.2, 0) is 24.0 Å². The Hall–Kier alpha value is -2.38. The molecular formula is C19H35N5O7S. The van der Waals surface area contributed by atoms with Crippen LogP contribution in [0.1, 0.15) is 39.5 Å². The summed E-state index contributed by atoms with van der Waals surface area (Å²) < 4.78 is 0. The number of carboxylic acids is 1. The number of hydrogen-bond donors (Lipinski definition) is 7. The highest BCUT2D eigenvalue weighted by atomic mass is 32.2. The molecule has 0 aliphatic heterocycles. The van der Waals surface area contributed by atoms with Gasteiger partial charge >= 0.3 is 5.97 Å². The number of nitrogens with two attached hydrogens (primary N) is 2. The van der Waals surface area contributed by atoms with Crippen LogP contribution in [0.5, 0.6) is 0 Å². The van der Waals surface area contributed by atoms with E-state index in [0.29, 0.717) is 12.2 Å². The molecule has 9 N–H and O–H groups in total. The first-order chi connectivity index (χ1) is 15.0. The van der Waals surface area contributed by atoms with E-state index in [4.69, 9.17) is 11.5 Å². The third-order valence-corrected chi connectivity index (χ3v) is 5.52. The van der Waals surface area contributed by atoms with Crippen LogP contribution in [-0.4, -0.2) is 82.6 Å². The molecule has 0 saturated carbocycles. The summed E-state index contributed by atoms with van der Waals surface area (Å²) in [6.07, 6.45) is 2.37. The van der Waals surface area contributed by atoms with Gasteiger partial charge in [-0.3, -0.25) is 19.2 Å². The summed E-state index contributed by atoms with van der Waals surface area (Å²) in [7, 11) is 0. The Balaban J connectivity index is 5.23. The molecule has 5 atom stereocenters. The number of thioether (sulfide) groups is 1. The number of amides is 4. The molecule has 0 heterocycles. The molecule has 0 saturated heterocycles. The van der Waals surface area contributed by atoms with Crippen molar-refractivity contribution in [2.24, 2.45) is 17.4 Å². The highest BCUT2D eigenvalue weighted by molar-refractivity contribution is 7.98. The second-order valence-electron chi connectivity index (χ2n) is 7.41. The molecule has 0 aromatic rings. The molecule has 0 fully saturated rings. The fourth-order valence-electron chi connectivity index (χ4n) is 2.61. The molecule has 0 aromatic carbocycles. The van der Waals surface area contributed by atoms with Crippen LogP contribution in [0.15, 0.2) is 0 Å². The number of carbonyl (C=O) groups is 5. The maximum Gasteiger partial charge on any atom is 0.326 e. The maximum atomic E-state index is 12.8. The molecule has 0 aliphatic carbocycles. The molecule has 0 aromatic heterocycles. The summed E-state index contributed by atoms with van der Waals surface area (Å²) in [5.74, 6) is -3.96. The van der Waals surface area contributed by atoms with E-state index < -0.39 is 60.4 Å². The summed E-state index contributed by atoms with van der Waals surface area (Å²) >= 11 is 1.41. The van der Waals surface area contributed by atoms with Gasteiger partial charge in [0, 0.05) is 6.42 Å². The fraction of sp³-hybridized carbons (Fsp3) is 0.737. The molecule has 0 radical (unpaired) electrons. The van der Waals surface area contributed by atoms with Crippen molar-refractivity contribution in [1.29, 1.82) is 0 Å². The smallest absolute Gasteiger partial charge is 0.326 e. The number of aliphatic carboxylic acids is 1. The molecule has 4 amide bonds. The normalized spacial score (nSPS) is 15.5. The van der Waals surface area contributed by atoms with Gasteiger partial charge in [0.2, 0.25) is 23.6 Å². The van der Waals surface area contributed by atoms with E-state index in [2.05, 4.69) is 16.0 Å². The minimum Gasteiger partial charge on any atom is -0.480 e. The summed E-state index contributed by atoms with van der Waals surface area (Å²) in [5.41, 5.74) is 10.8. The average Bonchev–Trinajstić information content (AvgIpc) is 2.75. The van der Waals surface area contributed by atoms with E-state index in [9.17, 15) is 34.2 Å². The van der Waals surface area contributed by atoms with Crippen LogP contribution in [0.2, 0.25) is 0 Å². The molecule has 12 nitrogen and oxygen atoms in total. The lowest BCUT2D eigenvalue weighted by atomic mass is 9.97. The van der Waals surface area contributed by atoms with Crippen molar-refractivity contribution in [2.45, 2.75) is 63.7 Å². The summed E-state index contributed by atoms with van der Waals surface area (Å²) in [5, 5.41) is 26.0. The van der Waals surface area contributed by atoms with Gasteiger partial charge < -0.3 is 37.6 Å². The van der Waals surface area contributed by atoms with Gasteiger partial charge in [0.25, 0.3) is 0 Å². The molecule has 32 heavy (non-hydrogen) atoms. The molecule has 0 rings (SSSR count). The van der Waals surface area contributed by atoms with Gasteiger partial charge in [-0.15, -0.1) is 0 Å². The summed E-state index contributed by atoms with van der Waals surface area (Å²) in [6, 6.07) is -4.72. The fourth-order valence-corrected chi connectivity index (χ4v) is 3.08. The Bertz CT molecular complexity index is 664. The van der Waals surface area contributed by atoms with Crippen molar-refractivity contribution >= 4 is 41.4 Å².